The average molecular weight is 390 g/mol. The molecule has 3 rings (SSSR count). The van der Waals surface area contributed by atoms with Crippen molar-refractivity contribution in [3.8, 4) is 0 Å². The number of carbonyl (C=O) groups is 1. The van der Waals surface area contributed by atoms with E-state index in [0.29, 0.717) is 12.1 Å². The largest absolute Gasteiger partial charge is 0.320 e. The fourth-order valence-electron chi connectivity index (χ4n) is 2.57. The predicted molar refractivity (Wildman–Crippen MR) is 97.4 cm³/mol. The molecule has 0 saturated heterocycles. The maximum Gasteiger partial charge on any atom is 0.280 e. The zero-order chi connectivity index (χ0) is 19.8. The Bertz CT molecular complexity index is 1200. The SMILES string of the molecule is CCn1nc(C(=O)Nc2ccc(S(N)(=O)=O)cc2)c(=O)c2cc(F)ccc21. The molecule has 0 saturated carbocycles. The van der Waals surface area contributed by atoms with Crippen LogP contribution in [0.15, 0.2) is 52.2 Å². The first-order chi connectivity index (χ1) is 12.7. The number of anilines is 1. The van der Waals surface area contributed by atoms with Gasteiger partial charge in [0.25, 0.3) is 5.91 Å². The Morgan fingerprint density at radius 3 is 2.48 bits per heavy atom. The van der Waals surface area contributed by atoms with Gasteiger partial charge in [0, 0.05) is 12.2 Å². The van der Waals surface area contributed by atoms with E-state index in [-0.39, 0.29) is 16.0 Å². The van der Waals surface area contributed by atoms with E-state index in [1.165, 1.54) is 41.1 Å². The Labute approximate surface area is 153 Å². The Kier molecular flexibility index (Phi) is 4.77. The standard InChI is InChI=1S/C17H15FN4O4S/c1-2-22-14-8-3-10(18)9-13(14)16(23)15(21-22)17(24)20-11-4-6-12(7-5-11)27(19,25)26/h3-9H,2H2,1H3,(H,20,24)(H2,19,25,26). The van der Waals surface area contributed by atoms with Gasteiger partial charge in [-0.1, -0.05) is 0 Å². The predicted octanol–water partition coefficient (Wildman–Crippen LogP) is 1.46. The van der Waals surface area contributed by atoms with Crippen molar-refractivity contribution in [2.24, 2.45) is 5.14 Å². The van der Waals surface area contributed by atoms with E-state index >= 15 is 0 Å². The number of hydrogen-bond acceptors (Lipinski definition) is 5. The first kappa shape index (κ1) is 18.7. The van der Waals surface area contributed by atoms with E-state index in [1.54, 1.807) is 6.92 Å². The second-order valence-corrected chi connectivity index (χ2v) is 7.24. The van der Waals surface area contributed by atoms with Crippen molar-refractivity contribution < 1.29 is 17.6 Å². The number of aromatic nitrogens is 2. The van der Waals surface area contributed by atoms with Gasteiger partial charge in [-0.3, -0.25) is 14.3 Å². The molecule has 0 aliphatic heterocycles. The molecule has 10 heteroatoms. The fourth-order valence-corrected chi connectivity index (χ4v) is 3.09. The maximum absolute atomic E-state index is 13.5. The molecule has 2 aromatic carbocycles. The number of fused-ring (bicyclic) bond motifs is 1. The lowest BCUT2D eigenvalue weighted by Gasteiger charge is -2.11. The molecule has 1 heterocycles. The Morgan fingerprint density at radius 2 is 1.89 bits per heavy atom. The fraction of sp³-hybridized carbons (Fsp3) is 0.118. The summed E-state index contributed by atoms with van der Waals surface area (Å²) in [5.41, 5.74) is -0.438. The monoisotopic (exact) mass is 390 g/mol. The van der Waals surface area contributed by atoms with Gasteiger partial charge in [0.15, 0.2) is 5.69 Å². The van der Waals surface area contributed by atoms with Crippen LogP contribution in [-0.4, -0.2) is 24.1 Å². The molecule has 0 bridgehead atoms. The molecule has 8 nitrogen and oxygen atoms in total. The topological polar surface area (TPSA) is 124 Å². The van der Waals surface area contributed by atoms with Gasteiger partial charge in [-0.15, -0.1) is 0 Å². The van der Waals surface area contributed by atoms with Crippen LogP contribution >= 0.6 is 0 Å². The summed E-state index contributed by atoms with van der Waals surface area (Å²) in [4.78, 5) is 24.9. The molecular formula is C17H15FN4O4S. The average Bonchev–Trinajstić information content (AvgIpc) is 2.62. The van der Waals surface area contributed by atoms with E-state index < -0.39 is 32.9 Å². The van der Waals surface area contributed by atoms with Crippen molar-refractivity contribution >= 4 is 32.5 Å². The van der Waals surface area contributed by atoms with Gasteiger partial charge in [-0.2, -0.15) is 5.10 Å². The van der Waals surface area contributed by atoms with E-state index in [4.69, 9.17) is 5.14 Å². The van der Waals surface area contributed by atoms with Gasteiger partial charge in [-0.05, 0) is 49.4 Å². The van der Waals surface area contributed by atoms with E-state index in [2.05, 4.69) is 10.4 Å². The molecule has 0 atom stereocenters. The van der Waals surface area contributed by atoms with Crippen LogP contribution in [0.25, 0.3) is 10.9 Å². The quantitative estimate of drug-likeness (QED) is 0.698. The summed E-state index contributed by atoms with van der Waals surface area (Å²) in [7, 11) is -3.86. The highest BCUT2D eigenvalue weighted by Crippen LogP contribution is 2.15. The number of aryl methyl sites for hydroxylation is 1. The van der Waals surface area contributed by atoms with E-state index in [0.717, 1.165) is 6.07 Å². The van der Waals surface area contributed by atoms with Crippen molar-refractivity contribution in [1.82, 2.24) is 9.78 Å². The molecule has 3 aromatic rings. The zero-order valence-electron chi connectivity index (χ0n) is 14.1. The van der Waals surface area contributed by atoms with Crippen LogP contribution < -0.4 is 15.9 Å². The van der Waals surface area contributed by atoms with E-state index in [9.17, 15) is 22.4 Å². The number of carbonyl (C=O) groups excluding carboxylic acids is 1. The smallest absolute Gasteiger partial charge is 0.280 e. The third kappa shape index (κ3) is 3.71. The summed E-state index contributed by atoms with van der Waals surface area (Å²) < 4.78 is 37.5. The minimum atomic E-state index is -3.86. The molecule has 3 N–H and O–H groups in total. The molecule has 1 amide bonds. The molecule has 0 aliphatic rings. The first-order valence-electron chi connectivity index (χ1n) is 7.85. The van der Waals surface area contributed by atoms with Gasteiger partial charge in [0.1, 0.15) is 5.82 Å². The summed E-state index contributed by atoms with van der Waals surface area (Å²) in [5.74, 6) is -1.39. The highest BCUT2D eigenvalue weighted by molar-refractivity contribution is 7.89. The van der Waals surface area contributed by atoms with Crippen LogP contribution in [0.2, 0.25) is 0 Å². The minimum absolute atomic E-state index is 0.0431. The number of amides is 1. The van der Waals surface area contributed by atoms with Gasteiger partial charge in [0.05, 0.1) is 15.8 Å². The number of nitrogens with two attached hydrogens (primary N) is 1. The van der Waals surface area contributed by atoms with Crippen LogP contribution in [0.4, 0.5) is 10.1 Å². The van der Waals surface area contributed by atoms with E-state index in [1.807, 2.05) is 0 Å². The number of nitrogens with one attached hydrogen (secondary N) is 1. The molecule has 0 fully saturated rings. The number of nitrogens with zero attached hydrogens (tertiary/aromatic N) is 2. The third-order valence-electron chi connectivity index (χ3n) is 3.87. The highest BCUT2D eigenvalue weighted by atomic mass is 32.2. The van der Waals surface area contributed by atoms with Crippen molar-refractivity contribution in [3.05, 3.63) is 64.2 Å². The normalized spacial score (nSPS) is 11.5. The number of rotatable bonds is 4. The highest BCUT2D eigenvalue weighted by Gasteiger charge is 2.18. The van der Waals surface area contributed by atoms with Crippen LogP contribution in [0.1, 0.15) is 17.4 Å². The summed E-state index contributed by atoms with van der Waals surface area (Å²) >= 11 is 0. The third-order valence-corrected chi connectivity index (χ3v) is 4.80. The molecule has 0 radical (unpaired) electrons. The lowest BCUT2D eigenvalue weighted by Crippen LogP contribution is -2.27. The second kappa shape index (κ2) is 6.89. The van der Waals surface area contributed by atoms with Crippen LogP contribution in [0.3, 0.4) is 0 Å². The van der Waals surface area contributed by atoms with Gasteiger partial charge in [-0.25, -0.2) is 17.9 Å². The lowest BCUT2D eigenvalue weighted by atomic mass is 10.2. The minimum Gasteiger partial charge on any atom is -0.320 e. The molecule has 27 heavy (non-hydrogen) atoms. The van der Waals surface area contributed by atoms with Crippen molar-refractivity contribution in [2.75, 3.05) is 5.32 Å². The number of hydrogen-bond donors (Lipinski definition) is 2. The molecule has 0 unspecified atom stereocenters. The Morgan fingerprint density at radius 1 is 1.22 bits per heavy atom. The summed E-state index contributed by atoms with van der Waals surface area (Å²) in [6.07, 6.45) is 0. The molecule has 0 spiro atoms. The number of halogens is 1. The number of primary sulfonamides is 1. The van der Waals surface area contributed by atoms with Crippen molar-refractivity contribution in [2.45, 2.75) is 18.4 Å². The lowest BCUT2D eigenvalue weighted by molar-refractivity contribution is 0.101. The molecule has 1 aromatic heterocycles. The van der Waals surface area contributed by atoms with Gasteiger partial charge < -0.3 is 5.32 Å². The summed E-state index contributed by atoms with van der Waals surface area (Å²) in [5, 5.41) is 11.6. The van der Waals surface area contributed by atoms with Gasteiger partial charge in [0.2, 0.25) is 15.5 Å². The zero-order valence-corrected chi connectivity index (χ0v) is 15.0. The van der Waals surface area contributed by atoms with Gasteiger partial charge >= 0.3 is 0 Å². The molecule has 0 aliphatic carbocycles. The van der Waals surface area contributed by atoms with Crippen LogP contribution in [-0.2, 0) is 16.6 Å². The Balaban J connectivity index is 2.01. The van der Waals surface area contributed by atoms with Crippen molar-refractivity contribution in [3.63, 3.8) is 0 Å². The van der Waals surface area contributed by atoms with Crippen LogP contribution in [0, 0.1) is 5.82 Å². The van der Waals surface area contributed by atoms with Crippen molar-refractivity contribution in [1.29, 1.82) is 0 Å². The number of benzene rings is 2. The first-order valence-corrected chi connectivity index (χ1v) is 9.40. The summed E-state index contributed by atoms with van der Waals surface area (Å²) in [6, 6.07) is 8.80. The van der Waals surface area contributed by atoms with Crippen LogP contribution in [0.5, 0.6) is 0 Å². The maximum atomic E-state index is 13.5. The number of sulfonamides is 1. The second-order valence-electron chi connectivity index (χ2n) is 5.68. The molecular weight excluding hydrogens is 375 g/mol. The molecule has 140 valence electrons. The Hall–Kier alpha value is -3.11. The summed E-state index contributed by atoms with van der Waals surface area (Å²) in [6.45, 7) is 2.14.